The second kappa shape index (κ2) is 6.19. The highest BCUT2D eigenvalue weighted by Crippen LogP contribution is 2.36. The van der Waals surface area contributed by atoms with Crippen LogP contribution in [-0.2, 0) is 0 Å². The molecule has 1 rings (SSSR count). The van der Waals surface area contributed by atoms with Crippen LogP contribution >= 0.6 is 0 Å². The maximum atomic E-state index is 5.67. The highest BCUT2D eigenvalue weighted by atomic mass is 16.5. The third-order valence-electron chi connectivity index (χ3n) is 2.10. The van der Waals surface area contributed by atoms with Gasteiger partial charge in [-0.2, -0.15) is 0 Å². The molecule has 1 aromatic rings. The van der Waals surface area contributed by atoms with Gasteiger partial charge in [0.2, 0.25) is 5.75 Å². The third-order valence-corrected chi connectivity index (χ3v) is 2.10. The molecule has 0 spiro atoms. The Balaban J connectivity index is 2.86. The summed E-state index contributed by atoms with van der Waals surface area (Å²) in [6, 6.07) is 5.49. The summed E-state index contributed by atoms with van der Waals surface area (Å²) < 4.78 is 16.1. The van der Waals surface area contributed by atoms with E-state index in [4.69, 9.17) is 20.1 Å². The standard InChI is InChI=1S/C11H18N2O3/c1-8(7-13-12)16-10-6-4-5-9(14-2)11(10)15-3/h4-6,8,13H,7,12H2,1-3H3. The van der Waals surface area contributed by atoms with Crippen LogP contribution in [0.5, 0.6) is 17.2 Å². The largest absolute Gasteiger partial charge is 0.493 e. The van der Waals surface area contributed by atoms with E-state index in [1.165, 1.54) is 0 Å². The van der Waals surface area contributed by atoms with Crippen molar-refractivity contribution in [3.63, 3.8) is 0 Å². The molecule has 0 aliphatic heterocycles. The highest BCUT2D eigenvalue weighted by molar-refractivity contribution is 5.51. The number of hydrogen-bond acceptors (Lipinski definition) is 5. The van der Waals surface area contributed by atoms with Crippen molar-refractivity contribution in [1.29, 1.82) is 0 Å². The van der Waals surface area contributed by atoms with E-state index >= 15 is 0 Å². The Morgan fingerprint density at radius 1 is 1.25 bits per heavy atom. The van der Waals surface area contributed by atoms with Gasteiger partial charge in [0.1, 0.15) is 6.10 Å². The van der Waals surface area contributed by atoms with Gasteiger partial charge in [0.25, 0.3) is 0 Å². The molecule has 1 atom stereocenters. The molecular weight excluding hydrogens is 208 g/mol. The SMILES string of the molecule is COc1cccc(OC(C)CNN)c1OC. The monoisotopic (exact) mass is 226 g/mol. The number of methoxy groups -OCH3 is 2. The average Bonchev–Trinajstić information content (AvgIpc) is 2.29. The predicted octanol–water partition coefficient (Wildman–Crippen LogP) is 0.934. The average molecular weight is 226 g/mol. The first-order valence-corrected chi connectivity index (χ1v) is 5.04. The molecule has 0 radical (unpaired) electrons. The van der Waals surface area contributed by atoms with Crippen LogP contribution in [0, 0.1) is 0 Å². The molecule has 0 saturated carbocycles. The Bertz CT molecular complexity index is 331. The fourth-order valence-electron chi connectivity index (χ4n) is 1.37. The summed E-state index contributed by atoms with van der Waals surface area (Å²) in [6.45, 7) is 2.47. The maximum Gasteiger partial charge on any atom is 0.203 e. The summed E-state index contributed by atoms with van der Waals surface area (Å²) >= 11 is 0. The summed E-state index contributed by atoms with van der Waals surface area (Å²) in [5.74, 6) is 7.10. The van der Waals surface area contributed by atoms with Crippen LogP contribution in [0.1, 0.15) is 6.92 Å². The molecule has 0 saturated heterocycles. The predicted molar refractivity (Wildman–Crippen MR) is 61.8 cm³/mol. The maximum absolute atomic E-state index is 5.67. The molecule has 0 amide bonds. The Labute approximate surface area is 95.5 Å². The van der Waals surface area contributed by atoms with E-state index in [0.717, 1.165) is 0 Å². The Morgan fingerprint density at radius 3 is 2.50 bits per heavy atom. The van der Waals surface area contributed by atoms with Crippen molar-refractivity contribution in [3.05, 3.63) is 18.2 Å². The minimum absolute atomic E-state index is 0.0500. The Morgan fingerprint density at radius 2 is 1.94 bits per heavy atom. The van der Waals surface area contributed by atoms with Gasteiger partial charge in [-0.1, -0.05) is 6.07 Å². The van der Waals surface area contributed by atoms with Crippen molar-refractivity contribution in [2.24, 2.45) is 5.84 Å². The zero-order chi connectivity index (χ0) is 12.0. The van der Waals surface area contributed by atoms with E-state index in [2.05, 4.69) is 5.43 Å². The number of nitrogens with two attached hydrogens (primary N) is 1. The fraction of sp³-hybridized carbons (Fsp3) is 0.455. The van der Waals surface area contributed by atoms with Gasteiger partial charge in [0.15, 0.2) is 11.5 Å². The first-order valence-electron chi connectivity index (χ1n) is 5.04. The summed E-state index contributed by atoms with van der Waals surface area (Å²) in [5, 5.41) is 0. The van der Waals surface area contributed by atoms with E-state index < -0.39 is 0 Å². The van der Waals surface area contributed by atoms with Crippen molar-refractivity contribution in [2.75, 3.05) is 20.8 Å². The summed E-state index contributed by atoms with van der Waals surface area (Å²) in [7, 11) is 3.17. The lowest BCUT2D eigenvalue weighted by atomic mass is 10.3. The zero-order valence-electron chi connectivity index (χ0n) is 9.82. The summed E-state index contributed by atoms with van der Waals surface area (Å²) in [5.41, 5.74) is 2.56. The molecule has 1 unspecified atom stereocenters. The molecule has 0 bridgehead atoms. The van der Waals surface area contributed by atoms with Crippen LogP contribution in [0.2, 0.25) is 0 Å². The second-order valence-corrected chi connectivity index (χ2v) is 3.33. The molecule has 0 aliphatic carbocycles. The lowest BCUT2D eigenvalue weighted by Gasteiger charge is -2.17. The molecular formula is C11H18N2O3. The van der Waals surface area contributed by atoms with Gasteiger partial charge in [0, 0.05) is 6.54 Å². The number of ether oxygens (including phenoxy) is 3. The van der Waals surface area contributed by atoms with E-state index in [1.54, 1.807) is 14.2 Å². The molecule has 0 aromatic heterocycles. The van der Waals surface area contributed by atoms with E-state index in [0.29, 0.717) is 23.8 Å². The van der Waals surface area contributed by atoms with Gasteiger partial charge < -0.3 is 14.2 Å². The normalized spacial score (nSPS) is 12.0. The summed E-state index contributed by atoms with van der Waals surface area (Å²) in [4.78, 5) is 0. The molecule has 0 fully saturated rings. The van der Waals surface area contributed by atoms with Gasteiger partial charge in [-0.3, -0.25) is 11.3 Å². The molecule has 1 aromatic carbocycles. The van der Waals surface area contributed by atoms with E-state index in [-0.39, 0.29) is 6.10 Å². The van der Waals surface area contributed by atoms with Crippen molar-refractivity contribution in [3.8, 4) is 17.2 Å². The van der Waals surface area contributed by atoms with Crippen molar-refractivity contribution < 1.29 is 14.2 Å². The minimum atomic E-state index is -0.0500. The van der Waals surface area contributed by atoms with Gasteiger partial charge >= 0.3 is 0 Å². The molecule has 3 N–H and O–H groups in total. The van der Waals surface area contributed by atoms with Crippen molar-refractivity contribution in [2.45, 2.75) is 13.0 Å². The lowest BCUT2D eigenvalue weighted by Crippen LogP contribution is -2.33. The van der Waals surface area contributed by atoms with Crippen LogP contribution < -0.4 is 25.5 Å². The van der Waals surface area contributed by atoms with E-state index in [9.17, 15) is 0 Å². The van der Waals surface area contributed by atoms with E-state index in [1.807, 2.05) is 25.1 Å². The van der Waals surface area contributed by atoms with Crippen LogP contribution in [-0.4, -0.2) is 26.9 Å². The van der Waals surface area contributed by atoms with Crippen LogP contribution in [0.4, 0.5) is 0 Å². The topological polar surface area (TPSA) is 65.7 Å². The van der Waals surface area contributed by atoms with Crippen LogP contribution in [0.15, 0.2) is 18.2 Å². The number of nitrogens with one attached hydrogen (secondary N) is 1. The number of benzene rings is 1. The van der Waals surface area contributed by atoms with Gasteiger partial charge in [-0.05, 0) is 19.1 Å². The smallest absolute Gasteiger partial charge is 0.203 e. The zero-order valence-corrected chi connectivity index (χ0v) is 9.82. The van der Waals surface area contributed by atoms with Crippen LogP contribution in [0.25, 0.3) is 0 Å². The lowest BCUT2D eigenvalue weighted by molar-refractivity contribution is 0.206. The fourth-order valence-corrected chi connectivity index (χ4v) is 1.37. The Kier molecular flexibility index (Phi) is 4.88. The number of para-hydroxylation sites is 1. The molecule has 0 heterocycles. The molecule has 16 heavy (non-hydrogen) atoms. The quantitative estimate of drug-likeness (QED) is 0.558. The molecule has 5 heteroatoms. The van der Waals surface area contributed by atoms with Gasteiger partial charge in [-0.25, -0.2) is 0 Å². The molecule has 90 valence electrons. The first kappa shape index (κ1) is 12.6. The Hall–Kier alpha value is -1.46. The number of rotatable bonds is 6. The highest BCUT2D eigenvalue weighted by Gasteiger charge is 2.12. The second-order valence-electron chi connectivity index (χ2n) is 3.33. The van der Waals surface area contributed by atoms with Crippen molar-refractivity contribution in [1.82, 2.24) is 5.43 Å². The third kappa shape index (κ3) is 3.01. The first-order chi connectivity index (χ1) is 7.72. The molecule has 0 aliphatic rings. The number of hydrogen-bond donors (Lipinski definition) is 2. The van der Waals surface area contributed by atoms with Crippen molar-refractivity contribution >= 4 is 0 Å². The van der Waals surface area contributed by atoms with Gasteiger partial charge in [-0.15, -0.1) is 0 Å². The number of hydrazine groups is 1. The summed E-state index contributed by atoms with van der Waals surface area (Å²) in [6.07, 6.45) is -0.0500. The van der Waals surface area contributed by atoms with Gasteiger partial charge in [0.05, 0.1) is 14.2 Å². The minimum Gasteiger partial charge on any atom is -0.493 e. The molecule has 5 nitrogen and oxygen atoms in total. The van der Waals surface area contributed by atoms with Crippen LogP contribution in [0.3, 0.4) is 0 Å².